The quantitative estimate of drug-likeness (QED) is 0.467. The van der Waals surface area contributed by atoms with Gasteiger partial charge in [-0.2, -0.15) is 11.8 Å². The van der Waals surface area contributed by atoms with Crippen LogP contribution in [0.4, 0.5) is 8.78 Å². The normalized spacial score (nSPS) is 11.5. The first kappa shape index (κ1) is 13.5. The van der Waals surface area contributed by atoms with E-state index in [9.17, 15) is 8.78 Å². The van der Waals surface area contributed by atoms with Crippen LogP contribution < -0.4 is 0 Å². The minimum absolute atomic E-state index is 0.152. The molecule has 0 heterocycles. The molecule has 0 amide bonds. The summed E-state index contributed by atoms with van der Waals surface area (Å²) in [6, 6.07) is 0. The second-order valence-corrected chi connectivity index (χ2v) is 4.09. The second-order valence-electron chi connectivity index (χ2n) is 2.73. The zero-order valence-electron chi connectivity index (χ0n) is 7.81. The molecule has 1 nitrogen and oxygen atoms in total. The summed E-state index contributed by atoms with van der Waals surface area (Å²) >= 11 is 7.23. The Morgan fingerprint density at radius 3 is 2.54 bits per heavy atom. The topological polar surface area (TPSA) is 3.24 Å². The van der Waals surface area contributed by atoms with Gasteiger partial charge >= 0.3 is 0 Å². The van der Waals surface area contributed by atoms with E-state index in [0.717, 1.165) is 18.7 Å². The zero-order valence-corrected chi connectivity index (χ0v) is 9.38. The van der Waals surface area contributed by atoms with E-state index < -0.39 is 6.43 Å². The molecule has 0 aromatic heterocycles. The second kappa shape index (κ2) is 9.03. The third-order valence-corrected chi connectivity index (χ3v) is 2.49. The lowest BCUT2D eigenvalue weighted by molar-refractivity contribution is 0.0914. The third-order valence-electron chi connectivity index (χ3n) is 1.62. The summed E-state index contributed by atoms with van der Waals surface area (Å²) in [5.41, 5.74) is 0. The van der Waals surface area contributed by atoms with E-state index >= 15 is 0 Å². The highest BCUT2D eigenvalue weighted by molar-refractivity contribution is 7.98. The Morgan fingerprint density at radius 1 is 1.38 bits per heavy atom. The first-order valence-corrected chi connectivity index (χ1v) is 6.19. The van der Waals surface area contributed by atoms with Gasteiger partial charge in [0.15, 0.2) is 0 Å². The fourth-order valence-corrected chi connectivity index (χ4v) is 1.70. The number of hydrogen-bond acceptors (Lipinski definition) is 2. The van der Waals surface area contributed by atoms with Gasteiger partial charge in [-0.25, -0.2) is 8.78 Å². The molecule has 80 valence electrons. The van der Waals surface area contributed by atoms with Crippen LogP contribution in [0.3, 0.4) is 0 Å². The smallest absolute Gasteiger partial charge is 0.251 e. The summed E-state index contributed by atoms with van der Waals surface area (Å²) < 4.78 is 24.1. The lowest BCUT2D eigenvalue weighted by Crippen LogP contribution is -2.32. The zero-order chi connectivity index (χ0) is 10.1. The maximum Gasteiger partial charge on any atom is 0.251 e. The van der Waals surface area contributed by atoms with Crippen molar-refractivity contribution < 1.29 is 8.78 Å². The van der Waals surface area contributed by atoms with Crippen LogP contribution in [0, 0.1) is 0 Å². The van der Waals surface area contributed by atoms with E-state index in [0.29, 0.717) is 12.4 Å². The summed E-state index contributed by atoms with van der Waals surface area (Å²) in [5, 5.41) is 0. The average Bonchev–Trinajstić information content (AvgIpc) is 2.04. The summed E-state index contributed by atoms with van der Waals surface area (Å²) in [4.78, 5) is 1.72. The summed E-state index contributed by atoms with van der Waals surface area (Å²) in [6.45, 7) is 1.12. The molecule has 0 aromatic carbocycles. The SMILES string of the molecule is CSCCCN(CCCl)CC(F)F. The van der Waals surface area contributed by atoms with Gasteiger partial charge in [0.25, 0.3) is 6.43 Å². The van der Waals surface area contributed by atoms with Gasteiger partial charge < -0.3 is 0 Å². The Bertz CT molecular complexity index is 116. The molecule has 0 unspecified atom stereocenters. The van der Waals surface area contributed by atoms with Crippen molar-refractivity contribution >= 4 is 23.4 Å². The van der Waals surface area contributed by atoms with E-state index in [4.69, 9.17) is 11.6 Å². The minimum Gasteiger partial charge on any atom is -0.297 e. The van der Waals surface area contributed by atoms with Crippen LogP contribution in [-0.2, 0) is 0 Å². The van der Waals surface area contributed by atoms with Gasteiger partial charge in [0, 0.05) is 12.4 Å². The van der Waals surface area contributed by atoms with Gasteiger partial charge in [-0.15, -0.1) is 11.6 Å². The molecular weight excluding hydrogens is 216 g/mol. The van der Waals surface area contributed by atoms with Crippen LogP contribution in [0.2, 0.25) is 0 Å². The van der Waals surface area contributed by atoms with Crippen molar-refractivity contribution in [3.05, 3.63) is 0 Å². The molecular formula is C8H16ClF2NS. The lowest BCUT2D eigenvalue weighted by atomic mass is 10.4. The van der Waals surface area contributed by atoms with Crippen molar-refractivity contribution in [2.24, 2.45) is 0 Å². The number of thioether (sulfide) groups is 1. The standard InChI is InChI=1S/C8H16ClF2NS/c1-13-6-2-4-12(5-3-9)7-8(10)11/h8H,2-7H2,1H3. The van der Waals surface area contributed by atoms with E-state index in [1.807, 2.05) is 6.26 Å². The summed E-state index contributed by atoms with van der Waals surface area (Å²) in [6.07, 6.45) is 0.710. The van der Waals surface area contributed by atoms with Crippen LogP contribution in [0.15, 0.2) is 0 Å². The van der Waals surface area contributed by atoms with Gasteiger partial charge in [0.2, 0.25) is 0 Å². The average molecular weight is 232 g/mol. The van der Waals surface area contributed by atoms with Crippen molar-refractivity contribution in [1.29, 1.82) is 0 Å². The Kier molecular flexibility index (Phi) is 9.35. The van der Waals surface area contributed by atoms with Crippen molar-refractivity contribution in [1.82, 2.24) is 4.90 Å². The maximum atomic E-state index is 12.0. The molecule has 0 aliphatic rings. The summed E-state index contributed by atoms with van der Waals surface area (Å²) in [5.74, 6) is 1.44. The van der Waals surface area contributed by atoms with Gasteiger partial charge in [-0.3, -0.25) is 4.90 Å². The molecule has 0 bridgehead atoms. The largest absolute Gasteiger partial charge is 0.297 e. The molecule has 0 rings (SSSR count). The van der Waals surface area contributed by atoms with E-state index in [1.165, 1.54) is 0 Å². The molecule has 0 aliphatic carbocycles. The number of hydrogen-bond donors (Lipinski definition) is 0. The van der Waals surface area contributed by atoms with Gasteiger partial charge in [-0.1, -0.05) is 0 Å². The van der Waals surface area contributed by atoms with E-state index in [1.54, 1.807) is 16.7 Å². The number of alkyl halides is 3. The highest BCUT2D eigenvalue weighted by Crippen LogP contribution is 2.02. The molecule has 0 N–H and O–H groups in total. The Balaban J connectivity index is 3.53. The fraction of sp³-hybridized carbons (Fsp3) is 1.00. The molecule has 0 saturated heterocycles. The van der Waals surface area contributed by atoms with Crippen molar-refractivity contribution in [3.63, 3.8) is 0 Å². The minimum atomic E-state index is -2.25. The summed E-state index contributed by atoms with van der Waals surface area (Å²) in [7, 11) is 0. The van der Waals surface area contributed by atoms with Crippen molar-refractivity contribution in [2.75, 3.05) is 37.5 Å². The monoisotopic (exact) mass is 231 g/mol. The van der Waals surface area contributed by atoms with Crippen LogP contribution in [0.1, 0.15) is 6.42 Å². The van der Waals surface area contributed by atoms with E-state index in [-0.39, 0.29) is 6.54 Å². The van der Waals surface area contributed by atoms with Crippen molar-refractivity contribution in [2.45, 2.75) is 12.8 Å². The molecule has 0 spiro atoms. The highest BCUT2D eigenvalue weighted by Gasteiger charge is 2.10. The molecule has 0 aromatic rings. The van der Waals surface area contributed by atoms with Gasteiger partial charge in [-0.05, 0) is 25.0 Å². The molecule has 0 saturated carbocycles. The first-order valence-electron chi connectivity index (χ1n) is 4.26. The molecule has 0 aliphatic heterocycles. The Morgan fingerprint density at radius 2 is 2.08 bits per heavy atom. The Hall–Kier alpha value is 0.460. The predicted molar refractivity (Wildman–Crippen MR) is 56.2 cm³/mol. The first-order chi connectivity index (χ1) is 6.20. The molecule has 13 heavy (non-hydrogen) atoms. The fourth-order valence-electron chi connectivity index (χ4n) is 1.04. The highest BCUT2D eigenvalue weighted by atomic mass is 35.5. The van der Waals surface area contributed by atoms with Crippen LogP contribution in [0.25, 0.3) is 0 Å². The molecule has 0 atom stereocenters. The van der Waals surface area contributed by atoms with Gasteiger partial charge in [0.1, 0.15) is 0 Å². The van der Waals surface area contributed by atoms with Crippen LogP contribution in [0.5, 0.6) is 0 Å². The number of halogens is 3. The van der Waals surface area contributed by atoms with Crippen LogP contribution in [-0.4, -0.2) is 48.8 Å². The molecule has 0 fully saturated rings. The number of nitrogens with zero attached hydrogens (tertiary/aromatic N) is 1. The molecule has 5 heteroatoms. The number of rotatable bonds is 8. The van der Waals surface area contributed by atoms with Crippen LogP contribution >= 0.6 is 23.4 Å². The lowest BCUT2D eigenvalue weighted by Gasteiger charge is -2.20. The Labute approximate surface area is 87.8 Å². The predicted octanol–water partition coefficient (Wildman–Crippen LogP) is 2.55. The van der Waals surface area contributed by atoms with Crippen molar-refractivity contribution in [3.8, 4) is 0 Å². The molecule has 0 radical (unpaired) electrons. The van der Waals surface area contributed by atoms with Gasteiger partial charge in [0.05, 0.1) is 6.54 Å². The maximum absolute atomic E-state index is 12.0. The third kappa shape index (κ3) is 8.78. The van der Waals surface area contributed by atoms with E-state index in [2.05, 4.69) is 0 Å².